The van der Waals surface area contributed by atoms with Gasteiger partial charge in [0, 0.05) is 5.56 Å². The fourth-order valence-corrected chi connectivity index (χ4v) is 4.17. The molecule has 5 aromatic rings. The number of imidazole rings is 1. The molecule has 2 aromatic heterocycles. The van der Waals surface area contributed by atoms with Gasteiger partial charge >= 0.3 is 5.69 Å². The molecule has 0 aliphatic heterocycles. The number of nitrogens with two attached hydrogens (primary N) is 1. The topological polar surface area (TPSA) is 95.8 Å². The molecule has 7 nitrogen and oxygen atoms in total. The van der Waals surface area contributed by atoms with Crippen LogP contribution in [0.5, 0.6) is 0 Å². The third-order valence-electron chi connectivity index (χ3n) is 6.24. The fraction of sp³-hybridized carbons (Fsp3) is 0.143. The molecular formula is C28H25N5O2. The van der Waals surface area contributed by atoms with Gasteiger partial charge in [0.05, 0.1) is 12.2 Å². The average Bonchev–Trinajstić information content (AvgIpc) is 3.12. The van der Waals surface area contributed by atoms with Crippen molar-refractivity contribution in [1.29, 1.82) is 0 Å². The van der Waals surface area contributed by atoms with Crippen molar-refractivity contribution in [2.24, 2.45) is 5.73 Å². The first-order valence-electron chi connectivity index (χ1n) is 11.3. The average molecular weight is 464 g/mol. The Morgan fingerprint density at radius 3 is 2.26 bits per heavy atom. The van der Waals surface area contributed by atoms with Crippen LogP contribution < -0.4 is 11.4 Å². The number of rotatable bonds is 5. The molecule has 0 fully saturated rings. The van der Waals surface area contributed by atoms with Gasteiger partial charge in [0.2, 0.25) is 0 Å². The van der Waals surface area contributed by atoms with E-state index in [0.717, 1.165) is 27.8 Å². The molecule has 0 aliphatic rings. The first kappa shape index (κ1) is 22.3. The number of amides is 1. The molecule has 0 spiro atoms. The quantitative estimate of drug-likeness (QED) is 0.420. The molecule has 0 saturated heterocycles. The Labute approximate surface area is 202 Å². The number of benzene rings is 3. The minimum absolute atomic E-state index is 0.0150. The van der Waals surface area contributed by atoms with Crippen molar-refractivity contribution in [2.75, 3.05) is 0 Å². The second-order valence-electron chi connectivity index (χ2n) is 8.76. The third kappa shape index (κ3) is 4.01. The molecule has 0 radical (unpaired) electrons. The van der Waals surface area contributed by atoms with E-state index in [-0.39, 0.29) is 17.9 Å². The molecule has 7 heteroatoms. The highest BCUT2D eigenvalue weighted by Gasteiger charge is 2.24. The maximum absolute atomic E-state index is 13.9. The second kappa shape index (κ2) is 8.68. The van der Waals surface area contributed by atoms with Crippen molar-refractivity contribution in [3.05, 3.63) is 111 Å². The van der Waals surface area contributed by atoms with Gasteiger partial charge in [0.15, 0.2) is 17.2 Å². The molecule has 35 heavy (non-hydrogen) atoms. The van der Waals surface area contributed by atoms with E-state index in [4.69, 9.17) is 10.7 Å². The summed E-state index contributed by atoms with van der Waals surface area (Å²) in [6, 6.07) is 23.1. The lowest BCUT2D eigenvalue weighted by atomic mass is 10.1. The van der Waals surface area contributed by atoms with E-state index >= 15 is 0 Å². The summed E-state index contributed by atoms with van der Waals surface area (Å²) in [6.45, 7) is 6.25. The molecule has 5 rings (SSSR count). The highest BCUT2D eigenvalue weighted by atomic mass is 16.2. The number of hydrogen-bond acceptors (Lipinski definition) is 4. The summed E-state index contributed by atoms with van der Waals surface area (Å²) < 4.78 is 3.06. The fourth-order valence-electron chi connectivity index (χ4n) is 4.17. The Morgan fingerprint density at radius 1 is 0.886 bits per heavy atom. The van der Waals surface area contributed by atoms with Crippen molar-refractivity contribution in [1.82, 2.24) is 19.1 Å². The molecular weight excluding hydrogens is 438 g/mol. The Balaban J connectivity index is 1.87. The van der Waals surface area contributed by atoms with Gasteiger partial charge in [-0.15, -0.1) is 0 Å². The molecule has 0 atom stereocenters. The lowest BCUT2D eigenvalue weighted by Crippen LogP contribution is -2.24. The van der Waals surface area contributed by atoms with Crippen LogP contribution in [0.1, 0.15) is 32.7 Å². The molecule has 0 unspecified atom stereocenters. The molecule has 2 heterocycles. The molecule has 2 N–H and O–H groups in total. The number of aromatic nitrogens is 4. The van der Waals surface area contributed by atoms with Crippen molar-refractivity contribution in [3.63, 3.8) is 0 Å². The van der Waals surface area contributed by atoms with E-state index in [2.05, 4.69) is 4.98 Å². The van der Waals surface area contributed by atoms with Gasteiger partial charge in [-0.1, -0.05) is 66.2 Å². The Hall–Kier alpha value is -4.52. The van der Waals surface area contributed by atoms with Crippen molar-refractivity contribution >= 4 is 17.1 Å². The second-order valence-corrected chi connectivity index (χ2v) is 8.76. The Bertz CT molecular complexity index is 1630. The van der Waals surface area contributed by atoms with Crippen LogP contribution in [0.2, 0.25) is 0 Å². The summed E-state index contributed by atoms with van der Waals surface area (Å²) in [5.41, 5.74) is 11.7. The van der Waals surface area contributed by atoms with Crippen molar-refractivity contribution < 1.29 is 4.79 Å². The van der Waals surface area contributed by atoms with E-state index in [0.29, 0.717) is 22.7 Å². The van der Waals surface area contributed by atoms with Gasteiger partial charge in [-0.05, 0) is 49.6 Å². The molecule has 0 aliphatic carbocycles. The predicted octanol–water partition coefficient (Wildman–Crippen LogP) is 4.32. The lowest BCUT2D eigenvalue weighted by molar-refractivity contribution is 0.0997. The van der Waals surface area contributed by atoms with Gasteiger partial charge in [-0.2, -0.15) is 0 Å². The molecule has 174 valence electrons. The van der Waals surface area contributed by atoms with Crippen LogP contribution in [0.3, 0.4) is 0 Å². The first-order chi connectivity index (χ1) is 16.8. The predicted molar refractivity (Wildman–Crippen MR) is 137 cm³/mol. The van der Waals surface area contributed by atoms with Crippen LogP contribution in [0.25, 0.3) is 28.2 Å². The number of nitrogens with zero attached hydrogens (tertiary/aromatic N) is 4. The number of hydrogen-bond donors (Lipinski definition) is 1. The molecule has 3 aromatic carbocycles. The maximum Gasteiger partial charge on any atom is 0.335 e. The number of carbonyl (C=O) groups excluding carboxylic acids is 1. The van der Waals surface area contributed by atoms with Gasteiger partial charge in [0.1, 0.15) is 5.52 Å². The van der Waals surface area contributed by atoms with Crippen LogP contribution >= 0.6 is 0 Å². The standard InChI is InChI=1S/C28H25N5O2/c1-17-9-12-21(13-10-17)26-30-23(25(29)34)24-27(31-26)33(22-14-11-18(2)19(3)15-22)28(35)32(24)16-20-7-5-4-6-8-20/h4-15H,16H2,1-3H3,(H2,29,34). The van der Waals surface area contributed by atoms with Crippen molar-refractivity contribution in [2.45, 2.75) is 27.3 Å². The highest BCUT2D eigenvalue weighted by molar-refractivity contribution is 6.02. The molecule has 1 amide bonds. The molecule has 0 saturated carbocycles. The minimum atomic E-state index is -0.718. The maximum atomic E-state index is 13.9. The highest BCUT2D eigenvalue weighted by Crippen LogP contribution is 2.25. The monoisotopic (exact) mass is 463 g/mol. The summed E-state index contributed by atoms with van der Waals surface area (Å²) in [6.07, 6.45) is 0. The third-order valence-corrected chi connectivity index (χ3v) is 6.24. The first-order valence-corrected chi connectivity index (χ1v) is 11.3. The largest absolute Gasteiger partial charge is 0.364 e. The van der Waals surface area contributed by atoms with Crippen molar-refractivity contribution in [3.8, 4) is 17.1 Å². The van der Waals surface area contributed by atoms with E-state index in [1.165, 1.54) is 9.13 Å². The van der Waals surface area contributed by atoms with E-state index in [1.54, 1.807) is 0 Å². The SMILES string of the molecule is Cc1ccc(-c2nc(C(N)=O)c3c(n2)n(-c2ccc(C)c(C)c2)c(=O)n3Cc2ccccc2)cc1. The van der Waals surface area contributed by atoms with E-state index in [1.807, 2.05) is 93.6 Å². The number of carbonyl (C=O) groups is 1. The van der Waals surface area contributed by atoms with Gasteiger partial charge < -0.3 is 5.73 Å². The summed E-state index contributed by atoms with van der Waals surface area (Å²) in [7, 11) is 0. The molecule has 0 bridgehead atoms. The van der Waals surface area contributed by atoms with E-state index < -0.39 is 5.91 Å². The zero-order chi connectivity index (χ0) is 24.7. The Kier molecular flexibility index (Phi) is 5.53. The summed E-state index contributed by atoms with van der Waals surface area (Å²) in [4.78, 5) is 35.8. The normalized spacial score (nSPS) is 11.2. The summed E-state index contributed by atoms with van der Waals surface area (Å²) in [5.74, 6) is -0.384. The number of primary amides is 1. The zero-order valence-electron chi connectivity index (χ0n) is 19.8. The number of aryl methyl sites for hydroxylation is 3. The summed E-state index contributed by atoms with van der Waals surface area (Å²) in [5, 5.41) is 0. The van der Waals surface area contributed by atoms with Crippen LogP contribution in [-0.4, -0.2) is 25.0 Å². The summed E-state index contributed by atoms with van der Waals surface area (Å²) >= 11 is 0. The van der Waals surface area contributed by atoms with Crippen LogP contribution in [0, 0.1) is 20.8 Å². The smallest absolute Gasteiger partial charge is 0.335 e. The van der Waals surface area contributed by atoms with Crippen LogP contribution in [0.15, 0.2) is 77.6 Å². The number of fused-ring (bicyclic) bond motifs is 1. The van der Waals surface area contributed by atoms with Gasteiger partial charge in [-0.3, -0.25) is 9.36 Å². The van der Waals surface area contributed by atoms with E-state index in [9.17, 15) is 9.59 Å². The lowest BCUT2D eigenvalue weighted by Gasteiger charge is -2.09. The van der Waals surface area contributed by atoms with Gasteiger partial charge in [-0.25, -0.2) is 19.3 Å². The van der Waals surface area contributed by atoms with Gasteiger partial charge in [0.25, 0.3) is 5.91 Å². The van der Waals surface area contributed by atoms with Crippen LogP contribution in [0.4, 0.5) is 0 Å². The zero-order valence-corrected chi connectivity index (χ0v) is 19.8. The van der Waals surface area contributed by atoms with Crippen LogP contribution in [-0.2, 0) is 6.54 Å². The Morgan fingerprint density at radius 2 is 1.60 bits per heavy atom. The minimum Gasteiger partial charge on any atom is -0.364 e.